The van der Waals surface area contributed by atoms with Crippen LogP contribution in [0.4, 0.5) is 13.2 Å². The van der Waals surface area contributed by atoms with Crippen molar-refractivity contribution in [1.82, 2.24) is 4.98 Å². The van der Waals surface area contributed by atoms with Crippen molar-refractivity contribution >= 4 is 0 Å². The van der Waals surface area contributed by atoms with Gasteiger partial charge in [0.15, 0.2) is 0 Å². The number of nitrogens with zero attached hydrogens (tertiary/aromatic N) is 2. The third-order valence-corrected chi connectivity index (χ3v) is 1.55. The summed E-state index contributed by atoms with van der Waals surface area (Å²) in [4.78, 5) is 3.42. The van der Waals surface area contributed by atoms with Crippen molar-refractivity contribution in [2.75, 3.05) is 0 Å². The van der Waals surface area contributed by atoms with Gasteiger partial charge in [0.2, 0.25) is 0 Å². The van der Waals surface area contributed by atoms with Crippen molar-refractivity contribution in [2.45, 2.75) is 13.1 Å². The van der Waals surface area contributed by atoms with Gasteiger partial charge in [-0.15, -0.1) is 0 Å². The smallest absolute Gasteiger partial charge is 0.246 e. The van der Waals surface area contributed by atoms with Gasteiger partial charge in [0, 0.05) is 6.20 Å². The number of pyridine rings is 1. The molecule has 0 unspecified atom stereocenters. The predicted molar refractivity (Wildman–Crippen MR) is 38.7 cm³/mol. The molecule has 13 heavy (non-hydrogen) atoms. The molecule has 0 aliphatic heterocycles. The lowest BCUT2D eigenvalue weighted by molar-refractivity contribution is 0.148. The molecule has 0 aromatic carbocycles. The largest absolute Gasteiger partial charge is 0.267 e. The van der Waals surface area contributed by atoms with Crippen LogP contribution < -0.4 is 0 Å². The Labute approximate surface area is 72.6 Å². The summed E-state index contributed by atoms with van der Waals surface area (Å²) in [5, 5.41) is 8.42. The number of alkyl halides is 3. The maximum atomic E-state index is 12.3. The molecular formula is C8H5F3N2. The van der Waals surface area contributed by atoms with E-state index >= 15 is 0 Å². The molecule has 1 aromatic heterocycles. The molecule has 1 aromatic rings. The highest BCUT2D eigenvalue weighted by molar-refractivity contribution is 5.37. The van der Waals surface area contributed by atoms with Gasteiger partial charge in [-0.1, -0.05) is 0 Å². The Morgan fingerprint density at radius 2 is 2.23 bits per heavy atom. The van der Waals surface area contributed by atoms with Gasteiger partial charge in [0.25, 0.3) is 6.43 Å². The SMILES string of the molecule is N#Cc1nccc(CF)c1C(F)F. The van der Waals surface area contributed by atoms with E-state index in [2.05, 4.69) is 4.98 Å². The number of nitriles is 1. The summed E-state index contributed by atoms with van der Waals surface area (Å²) in [5.74, 6) is 0. The van der Waals surface area contributed by atoms with E-state index < -0.39 is 24.4 Å². The maximum Gasteiger partial charge on any atom is 0.267 e. The van der Waals surface area contributed by atoms with Crippen molar-refractivity contribution < 1.29 is 13.2 Å². The van der Waals surface area contributed by atoms with E-state index in [0.717, 1.165) is 12.3 Å². The second-order valence-electron chi connectivity index (χ2n) is 2.28. The molecule has 0 atom stereocenters. The molecule has 68 valence electrons. The molecule has 0 radical (unpaired) electrons. The van der Waals surface area contributed by atoms with Crippen molar-refractivity contribution in [3.8, 4) is 6.07 Å². The van der Waals surface area contributed by atoms with Gasteiger partial charge in [-0.25, -0.2) is 18.2 Å². The zero-order valence-electron chi connectivity index (χ0n) is 6.47. The molecule has 1 heterocycles. The molecule has 5 heteroatoms. The van der Waals surface area contributed by atoms with Crippen LogP contribution in [-0.2, 0) is 6.67 Å². The van der Waals surface area contributed by atoms with Gasteiger partial charge < -0.3 is 0 Å². The fraction of sp³-hybridized carbons (Fsp3) is 0.250. The minimum absolute atomic E-state index is 0.179. The molecule has 0 fully saturated rings. The van der Waals surface area contributed by atoms with Crippen LogP contribution in [0.5, 0.6) is 0 Å². The first-order chi connectivity index (χ1) is 6.20. The lowest BCUT2D eigenvalue weighted by Gasteiger charge is -2.05. The summed E-state index contributed by atoms with van der Waals surface area (Å²) in [5.41, 5.74) is -1.20. The summed E-state index contributed by atoms with van der Waals surface area (Å²) in [7, 11) is 0. The highest BCUT2D eigenvalue weighted by Gasteiger charge is 2.18. The molecule has 0 bridgehead atoms. The number of hydrogen-bond acceptors (Lipinski definition) is 2. The summed E-state index contributed by atoms with van der Waals surface area (Å²) >= 11 is 0. The molecule has 0 amide bonds. The van der Waals surface area contributed by atoms with Crippen LogP contribution in [0.2, 0.25) is 0 Å². The first kappa shape index (κ1) is 9.52. The van der Waals surface area contributed by atoms with Gasteiger partial charge in [0.05, 0.1) is 5.56 Å². The fourth-order valence-corrected chi connectivity index (χ4v) is 0.962. The summed E-state index contributed by atoms with van der Waals surface area (Å²) in [6, 6.07) is 2.64. The fourth-order valence-electron chi connectivity index (χ4n) is 0.962. The predicted octanol–water partition coefficient (Wildman–Crippen LogP) is 2.36. The van der Waals surface area contributed by atoms with Crippen LogP contribution in [0.25, 0.3) is 0 Å². The molecule has 0 aliphatic rings. The van der Waals surface area contributed by atoms with E-state index in [9.17, 15) is 13.2 Å². The summed E-state index contributed by atoms with van der Waals surface area (Å²) in [6.07, 6.45) is -1.73. The zero-order chi connectivity index (χ0) is 9.84. The normalized spacial score (nSPS) is 10.1. The maximum absolute atomic E-state index is 12.3. The minimum atomic E-state index is -2.87. The van der Waals surface area contributed by atoms with Crippen molar-refractivity contribution in [3.63, 3.8) is 0 Å². The quantitative estimate of drug-likeness (QED) is 0.710. The van der Waals surface area contributed by atoms with Crippen molar-refractivity contribution in [3.05, 3.63) is 29.1 Å². The average molecular weight is 186 g/mol. The number of rotatable bonds is 2. The Balaban J connectivity index is 3.32. The molecule has 0 saturated heterocycles. The average Bonchev–Trinajstić information content (AvgIpc) is 2.16. The summed E-state index contributed by atoms with van der Waals surface area (Å²) in [6.45, 7) is -1.02. The first-order valence-electron chi connectivity index (χ1n) is 3.42. The van der Waals surface area contributed by atoms with Crippen LogP contribution in [0, 0.1) is 11.3 Å². The van der Waals surface area contributed by atoms with Gasteiger partial charge >= 0.3 is 0 Å². The molecule has 1 rings (SSSR count). The number of halogens is 3. The van der Waals surface area contributed by atoms with Crippen LogP contribution in [0.15, 0.2) is 12.3 Å². The second-order valence-corrected chi connectivity index (χ2v) is 2.28. The van der Waals surface area contributed by atoms with E-state index in [1.54, 1.807) is 0 Å². The molecular weight excluding hydrogens is 181 g/mol. The third-order valence-electron chi connectivity index (χ3n) is 1.55. The van der Waals surface area contributed by atoms with Crippen LogP contribution in [0.3, 0.4) is 0 Å². The van der Waals surface area contributed by atoms with Crippen LogP contribution in [-0.4, -0.2) is 4.98 Å². The minimum Gasteiger partial charge on any atom is -0.246 e. The van der Waals surface area contributed by atoms with Crippen LogP contribution >= 0.6 is 0 Å². The zero-order valence-corrected chi connectivity index (χ0v) is 6.47. The van der Waals surface area contributed by atoms with Gasteiger partial charge in [-0.2, -0.15) is 5.26 Å². The lowest BCUT2D eigenvalue weighted by Crippen LogP contribution is -1.99. The first-order valence-corrected chi connectivity index (χ1v) is 3.42. The van der Waals surface area contributed by atoms with E-state index in [4.69, 9.17) is 5.26 Å². The number of hydrogen-bond donors (Lipinski definition) is 0. The lowest BCUT2D eigenvalue weighted by atomic mass is 10.1. The highest BCUT2D eigenvalue weighted by Crippen LogP contribution is 2.25. The van der Waals surface area contributed by atoms with Gasteiger partial charge in [0.1, 0.15) is 18.4 Å². The topological polar surface area (TPSA) is 36.7 Å². The monoisotopic (exact) mass is 186 g/mol. The molecule has 0 saturated carbocycles. The second kappa shape index (κ2) is 3.90. The Morgan fingerprint density at radius 1 is 1.54 bits per heavy atom. The van der Waals surface area contributed by atoms with E-state index in [1.807, 2.05) is 0 Å². The Bertz CT molecular complexity index is 344. The van der Waals surface area contributed by atoms with Crippen LogP contribution in [0.1, 0.15) is 23.2 Å². The summed E-state index contributed by atoms with van der Waals surface area (Å²) < 4.78 is 36.8. The third kappa shape index (κ3) is 1.78. The van der Waals surface area contributed by atoms with E-state index in [1.165, 1.54) is 6.07 Å². The van der Waals surface area contributed by atoms with Gasteiger partial charge in [-0.05, 0) is 11.6 Å². The Morgan fingerprint density at radius 3 is 2.69 bits per heavy atom. The number of aromatic nitrogens is 1. The van der Waals surface area contributed by atoms with Crippen molar-refractivity contribution in [1.29, 1.82) is 5.26 Å². The standard InChI is InChI=1S/C8H5F3N2/c9-3-5-1-2-13-6(4-12)7(5)8(10)11/h1-2,8H,3H2. The van der Waals surface area contributed by atoms with E-state index in [0.29, 0.717) is 0 Å². The molecule has 0 spiro atoms. The highest BCUT2D eigenvalue weighted by atomic mass is 19.3. The molecule has 0 aliphatic carbocycles. The van der Waals surface area contributed by atoms with Gasteiger partial charge in [-0.3, -0.25) is 0 Å². The Kier molecular flexibility index (Phi) is 2.85. The Hall–Kier alpha value is -1.57. The van der Waals surface area contributed by atoms with Crippen molar-refractivity contribution in [2.24, 2.45) is 0 Å². The molecule has 2 nitrogen and oxygen atoms in total. The van der Waals surface area contributed by atoms with E-state index in [-0.39, 0.29) is 5.56 Å². The molecule has 0 N–H and O–H groups in total.